The van der Waals surface area contributed by atoms with Gasteiger partial charge in [0.1, 0.15) is 5.82 Å². The van der Waals surface area contributed by atoms with Crippen molar-refractivity contribution in [1.29, 1.82) is 0 Å². The third-order valence-corrected chi connectivity index (χ3v) is 4.97. The molecule has 0 atom stereocenters. The molecule has 24 heavy (non-hydrogen) atoms. The number of hydrogen-bond acceptors (Lipinski definition) is 8. The lowest BCUT2D eigenvalue weighted by molar-refractivity contribution is 0.345. The average Bonchev–Trinajstić information content (AvgIpc) is 3.20. The molecule has 0 amide bonds. The van der Waals surface area contributed by atoms with Crippen molar-refractivity contribution in [3.8, 4) is 0 Å². The first kappa shape index (κ1) is 15.3. The van der Waals surface area contributed by atoms with Gasteiger partial charge in [0.25, 0.3) is 0 Å². The van der Waals surface area contributed by atoms with Gasteiger partial charge in [-0.15, -0.1) is 0 Å². The normalized spacial score (nSPS) is 24.0. The van der Waals surface area contributed by atoms with Gasteiger partial charge in [0, 0.05) is 23.9 Å². The zero-order chi connectivity index (χ0) is 16.5. The van der Waals surface area contributed by atoms with E-state index in [0.717, 1.165) is 37.3 Å². The van der Waals surface area contributed by atoms with E-state index in [4.69, 9.17) is 16.0 Å². The Morgan fingerprint density at radius 3 is 2.67 bits per heavy atom. The molecule has 5 N–H and O–H groups in total. The van der Waals surface area contributed by atoms with Gasteiger partial charge in [-0.2, -0.15) is 9.97 Å². The van der Waals surface area contributed by atoms with Crippen molar-refractivity contribution in [2.45, 2.75) is 62.9 Å². The molecule has 0 unspecified atom stereocenters. The van der Waals surface area contributed by atoms with Crippen LogP contribution in [0.4, 0.5) is 11.8 Å². The third kappa shape index (κ3) is 3.19. The quantitative estimate of drug-likeness (QED) is 0.758. The van der Waals surface area contributed by atoms with Crippen molar-refractivity contribution >= 4 is 11.8 Å². The van der Waals surface area contributed by atoms with Gasteiger partial charge >= 0.3 is 0 Å². The molecule has 2 heterocycles. The van der Waals surface area contributed by atoms with Crippen molar-refractivity contribution in [3.05, 3.63) is 23.5 Å². The summed E-state index contributed by atoms with van der Waals surface area (Å²) in [6, 6.07) is 2.21. The van der Waals surface area contributed by atoms with E-state index in [1.54, 1.807) is 0 Å². The summed E-state index contributed by atoms with van der Waals surface area (Å²) >= 11 is 0. The van der Waals surface area contributed by atoms with Gasteiger partial charge in [-0.1, -0.05) is 18.0 Å². The SMILES string of the molecule is Nc1nc(NCc2noc(C3CCCC3)n2)cc(C2CC(N)C2)n1. The molecule has 0 spiro atoms. The van der Waals surface area contributed by atoms with Crippen molar-refractivity contribution in [1.82, 2.24) is 20.1 Å². The van der Waals surface area contributed by atoms with Gasteiger partial charge in [-0.3, -0.25) is 0 Å². The molecule has 2 fully saturated rings. The maximum absolute atomic E-state index is 5.85. The van der Waals surface area contributed by atoms with Gasteiger partial charge in [0.15, 0.2) is 5.82 Å². The maximum atomic E-state index is 5.85. The van der Waals surface area contributed by atoms with Crippen LogP contribution in [0.15, 0.2) is 10.6 Å². The molecule has 2 aromatic heterocycles. The second kappa shape index (κ2) is 6.35. The number of anilines is 2. The minimum absolute atomic E-state index is 0.273. The molecule has 0 radical (unpaired) electrons. The minimum atomic E-state index is 0.273. The highest BCUT2D eigenvalue weighted by Crippen LogP contribution is 2.35. The van der Waals surface area contributed by atoms with Crippen LogP contribution in [0.3, 0.4) is 0 Å². The van der Waals surface area contributed by atoms with Gasteiger partial charge in [0.05, 0.1) is 12.2 Å². The van der Waals surface area contributed by atoms with E-state index in [9.17, 15) is 0 Å². The number of nitrogens with two attached hydrogens (primary N) is 2. The van der Waals surface area contributed by atoms with Crippen LogP contribution >= 0.6 is 0 Å². The molecule has 2 aliphatic rings. The first-order valence-electron chi connectivity index (χ1n) is 8.64. The fourth-order valence-electron chi connectivity index (χ4n) is 3.54. The maximum Gasteiger partial charge on any atom is 0.229 e. The Labute approximate surface area is 140 Å². The number of rotatable bonds is 5. The molecule has 2 saturated carbocycles. The second-order valence-electron chi connectivity index (χ2n) is 6.85. The molecule has 8 heteroatoms. The van der Waals surface area contributed by atoms with E-state index in [1.165, 1.54) is 12.8 Å². The molecule has 0 aromatic carbocycles. The molecule has 2 aliphatic carbocycles. The number of nitrogen functional groups attached to an aromatic ring is 1. The molecular weight excluding hydrogens is 306 g/mol. The van der Waals surface area contributed by atoms with Crippen molar-refractivity contribution in [2.75, 3.05) is 11.1 Å². The number of nitrogens with one attached hydrogen (secondary N) is 1. The smallest absolute Gasteiger partial charge is 0.229 e. The average molecular weight is 329 g/mol. The molecule has 128 valence electrons. The van der Waals surface area contributed by atoms with Crippen molar-refractivity contribution in [3.63, 3.8) is 0 Å². The minimum Gasteiger partial charge on any atom is -0.368 e. The molecule has 4 rings (SSSR count). The Kier molecular flexibility index (Phi) is 4.05. The van der Waals surface area contributed by atoms with E-state index in [-0.39, 0.29) is 12.0 Å². The summed E-state index contributed by atoms with van der Waals surface area (Å²) in [7, 11) is 0. The topological polar surface area (TPSA) is 129 Å². The van der Waals surface area contributed by atoms with E-state index in [1.807, 2.05) is 6.07 Å². The molecule has 0 bridgehead atoms. The predicted octanol–water partition coefficient (Wildman–Crippen LogP) is 1.92. The standard InChI is InChI=1S/C16H23N7O/c17-11-5-10(6-11)12-7-13(22-16(18)20-12)19-8-14-21-15(24-23-14)9-3-1-2-4-9/h7,9-11H,1-6,8,17H2,(H3,18,19,20,22). The Hall–Kier alpha value is -2.22. The number of nitrogens with zero attached hydrogens (tertiary/aromatic N) is 4. The van der Waals surface area contributed by atoms with Gasteiger partial charge in [0.2, 0.25) is 11.8 Å². The van der Waals surface area contributed by atoms with Crippen molar-refractivity contribution in [2.24, 2.45) is 5.73 Å². The molecule has 2 aromatic rings. The summed E-state index contributed by atoms with van der Waals surface area (Å²) in [4.78, 5) is 13.0. The van der Waals surface area contributed by atoms with Crippen LogP contribution in [0.1, 0.15) is 67.8 Å². The zero-order valence-corrected chi connectivity index (χ0v) is 13.6. The highest BCUT2D eigenvalue weighted by molar-refractivity contribution is 5.42. The van der Waals surface area contributed by atoms with E-state index in [0.29, 0.717) is 30.0 Å². The van der Waals surface area contributed by atoms with Crippen LogP contribution < -0.4 is 16.8 Å². The van der Waals surface area contributed by atoms with Crippen molar-refractivity contribution < 1.29 is 4.52 Å². The summed E-state index contributed by atoms with van der Waals surface area (Å²) in [5.41, 5.74) is 12.6. The second-order valence-corrected chi connectivity index (χ2v) is 6.85. The molecule has 0 saturated heterocycles. The lowest BCUT2D eigenvalue weighted by Gasteiger charge is -2.32. The van der Waals surface area contributed by atoms with Crippen LogP contribution in [0.25, 0.3) is 0 Å². The third-order valence-electron chi connectivity index (χ3n) is 4.97. The Bertz CT molecular complexity index is 704. The van der Waals surface area contributed by atoms with E-state index < -0.39 is 0 Å². The van der Waals surface area contributed by atoms with E-state index in [2.05, 4.69) is 25.4 Å². The summed E-state index contributed by atoms with van der Waals surface area (Å²) < 4.78 is 5.39. The lowest BCUT2D eigenvalue weighted by atomic mass is 9.78. The van der Waals surface area contributed by atoms with Crippen LogP contribution in [-0.4, -0.2) is 26.2 Å². The highest BCUT2D eigenvalue weighted by atomic mass is 16.5. The fourth-order valence-corrected chi connectivity index (χ4v) is 3.54. The summed E-state index contributed by atoms with van der Waals surface area (Å²) in [5, 5.41) is 7.27. The number of hydrogen-bond donors (Lipinski definition) is 3. The predicted molar refractivity (Wildman–Crippen MR) is 89.2 cm³/mol. The van der Waals surface area contributed by atoms with Crippen LogP contribution in [0.2, 0.25) is 0 Å². The fraction of sp³-hybridized carbons (Fsp3) is 0.625. The zero-order valence-electron chi connectivity index (χ0n) is 13.6. The molecule has 8 nitrogen and oxygen atoms in total. The first-order chi connectivity index (χ1) is 11.7. The van der Waals surface area contributed by atoms with Gasteiger partial charge < -0.3 is 21.3 Å². The molecule has 0 aliphatic heterocycles. The number of aromatic nitrogens is 4. The van der Waals surface area contributed by atoms with Crippen LogP contribution in [-0.2, 0) is 6.54 Å². The van der Waals surface area contributed by atoms with Crippen LogP contribution in [0, 0.1) is 0 Å². The summed E-state index contributed by atoms with van der Waals surface area (Å²) in [5.74, 6) is 3.16. The van der Waals surface area contributed by atoms with Gasteiger partial charge in [-0.25, -0.2) is 4.98 Å². The van der Waals surface area contributed by atoms with E-state index >= 15 is 0 Å². The summed E-state index contributed by atoms with van der Waals surface area (Å²) in [6.07, 6.45) is 6.68. The molecular formula is C16H23N7O. The van der Waals surface area contributed by atoms with Gasteiger partial charge in [-0.05, 0) is 25.7 Å². The highest BCUT2D eigenvalue weighted by Gasteiger charge is 2.29. The first-order valence-corrected chi connectivity index (χ1v) is 8.64. The lowest BCUT2D eigenvalue weighted by Crippen LogP contribution is -2.35. The largest absolute Gasteiger partial charge is 0.368 e. The monoisotopic (exact) mass is 329 g/mol. The Morgan fingerprint density at radius 2 is 1.92 bits per heavy atom. The Morgan fingerprint density at radius 1 is 1.12 bits per heavy atom. The van der Waals surface area contributed by atoms with Crippen LogP contribution in [0.5, 0.6) is 0 Å². The summed E-state index contributed by atoms with van der Waals surface area (Å²) in [6.45, 7) is 0.455. The Balaban J connectivity index is 1.40.